The zero-order valence-corrected chi connectivity index (χ0v) is 22.1. The lowest BCUT2D eigenvalue weighted by Crippen LogP contribution is -2.41. The summed E-state index contributed by atoms with van der Waals surface area (Å²) in [5.74, 6) is -1.48. The smallest absolute Gasteiger partial charge is 0.338 e. The van der Waals surface area contributed by atoms with E-state index in [1.54, 1.807) is 36.4 Å². The van der Waals surface area contributed by atoms with Crippen LogP contribution in [-0.2, 0) is 14.2 Å². The molecule has 0 N–H and O–H groups in total. The van der Waals surface area contributed by atoms with Crippen molar-refractivity contribution in [2.24, 2.45) is 0 Å². The lowest BCUT2D eigenvalue weighted by molar-refractivity contribution is -0.0349. The summed E-state index contributed by atoms with van der Waals surface area (Å²) in [4.78, 5) is 38.6. The highest BCUT2D eigenvalue weighted by atomic mass is 32.2. The van der Waals surface area contributed by atoms with Crippen LogP contribution in [0.15, 0.2) is 72.8 Å². The fourth-order valence-electron chi connectivity index (χ4n) is 4.04. The van der Waals surface area contributed by atoms with Crippen molar-refractivity contribution < 1.29 is 28.6 Å². The molecular formula is C30H30O6S. The van der Waals surface area contributed by atoms with Crippen LogP contribution in [0.4, 0.5) is 0 Å². The van der Waals surface area contributed by atoms with Crippen LogP contribution < -0.4 is 0 Å². The van der Waals surface area contributed by atoms with E-state index < -0.39 is 35.4 Å². The number of hydrogen-bond donors (Lipinski definition) is 0. The molecular weight excluding hydrogens is 488 g/mol. The molecule has 4 rings (SSSR count). The van der Waals surface area contributed by atoms with Crippen molar-refractivity contribution in [3.63, 3.8) is 0 Å². The second-order valence-corrected chi connectivity index (χ2v) is 10.9. The van der Waals surface area contributed by atoms with E-state index >= 15 is 0 Å². The van der Waals surface area contributed by atoms with Crippen molar-refractivity contribution >= 4 is 29.7 Å². The molecule has 4 atom stereocenters. The lowest BCUT2D eigenvalue weighted by Gasteiger charge is -2.25. The highest BCUT2D eigenvalue weighted by Gasteiger charge is 2.48. The van der Waals surface area contributed by atoms with Crippen molar-refractivity contribution in [2.75, 3.05) is 6.61 Å². The number of aryl methyl sites for hydroxylation is 3. The van der Waals surface area contributed by atoms with Gasteiger partial charge in [0.2, 0.25) is 0 Å². The quantitative estimate of drug-likeness (QED) is 0.292. The molecule has 1 fully saturated rings. The third-order valence-corrected chi connectivity index (χ3v) is 7.72. The summed E-state index contributed by atoms with van der Waals surface area (Å²) in [6, 6.07) is 21.3. The monoisotopic (exact) mass is 518 g/mol. The molecule has 0 aliphatic carbocycles. The van der Waals surface area contributed by atoms with Crippen LogP contribution in [0, 0.1) is 20.8 Å². The Bertz CT molecular complexity index is 1250. The molecule has 0 saturated carbocycles. The molecule has 0 amide bonds. The number of carbonyl (C=O) groups excluding carboxylic acids is 3. The highest BCUT2D eigenvalue weighted by molar-refractivity contribution is 8.00. The minimum absolute atomic E-state index is 0.00609. The van der Waals surface area contributed by atoms with E-state index in [1.807, 2.05) is 64.1 Å². The van der Waals surface area contributed by atoms with E-state index in [4.69, 9.17) is 14.2 Å². The molecule has 0 radical (unpaired) electrons. The van der Waals surface area contributed by atoms with E-state index in [0.717, 1.165) is 16.7 Å². The van der Waals surface area contributed by atoms with Crippen LogP contribution in [0.1, 0.15) is 54.7 Å². The van der Waals surface area contributed by atoms with Crippen LogP contribution >= 0.6 is 11.8 Å². The van der Waals surface area contributed by atoms with Crippen LogP contribution in [-0.4, -0.2) is 47.2 Å². The minimum atomic E-state index is -0.797. The first-order valence-electron chi connectivity index (χ1n) is 12.2. The second-order valence-electron chi connectivity index (χ2n) is 9.32. The number of carbonyl (C=O) groups is 3. The van der Waals surface area contributed by atoms with Crippen LogP contribution in [0.3, 0.4) is 0 Å². The van der Waals surface area contributed by atoms with Crippen LogP contribution in [0.5, 0.6) is 0 Å². The predicted molar refractivity (Wildman–Crippen MR) is 143 cm³/mol. The zero-order valence-electron chi connectivity index (χ0n) is 21.3. The molecule has 1 saturated heterocycles. The Morgan fingerprint density at radius 3 is 1.43 bits per heavy atom. The summed E-state index contributed by atoms with van der Waals surface area (Å²) < 4.78 is 17.4. The minimum Gasteiger partial charge on any atom is -0.461 e. The summed E-state index contributed by atoms with van der Waals surface area (Å²) >= 11 is 1.47. The first kappa shape index (κ1) is 26.5. The van der Waals surface area contributed by atoms with Gasteiger partial charge in [-0.3, -0.25) is 0 Å². The number of ether oxygens (including phenoxy) is 3. The van der Waals surface area contributed by atoms with Gasteiger partial charge in [-0.2, -0.15) is 0 Å². The van der Waals surface area contributed by atoms with Crippen molar-refractivity contribution in [1.29, 1.82) is 0 Å². The Hall–Kier alpha value is -3.58. The van der Waals surface area contributed by atoms with Gasteiger partial charge in [0, 0.05) is 5.25 Å². The lowest BCUT2D eigenvalue weighted by atomic mass is 10.1. The SMILES string of the molecule is Cc1ccc(C(=O)OC[C@H]2SC(C)[C@@H](OC(=O)c3ccc(C)cc3)[C@H]2OC(=O)c2ccc(C)cc2)cc1. The van der Waals surface area contributed by atoms with Gasteiger partial charge in [0.1, 0.15) is 6.61 Å². The van der Waals surface area contributed by atoms with Crippen molar-refractivity contribution in [2.45, 2.75) is 50.4 Å². The van der Waals surface area contributed by atoms with E-state index in [9.17, 15) is 14.4 Å². The molecule has 1 heterocycles. The molecule has 1 aliphatic heterocycles. The Labute approximate surface area is 221 Å². The van der Waals surface area contributed by atoms with Gasteiger partial charge in [-0.25, -0.2) is 14.4 Å². The fourth-order valence-corrected chi connectivity index (χ4v) is 5.47. The molecule has 192 valence electrons. The molecule has 0 aromatic heterocycles. The number of rotatable bonds is 7. The van der Waals surface area contributed by atoms with E-state index in [-0.39, 0.29) is 11.9 Å². The summed E-state index contributed by atoms with van der Waals surface area (Å²) in [5.41, 5.74) is 4.35. The molecule has 7 heteroatoms. The summed E-state index contributed by atoms with van der Waals surface area (Å²) in [7, 11) is 0. The van der Waals surface area contributed by atoms with Crippen molar-refractivity contribution in [1.82, 2.24) is 0 Å². The Kier molecular flexibility index (Phi) is 8.34. The van der Waals surface area contributed by atoms with Gasteiger partial charge < -0.3 is 14.2 Å². The van der Waals surface area contributed by atoms with Crippen LogP contribution in [0.25, 0.3) is 0 Å². The molecule has 3 aromatic rings. The summed E-state index contributed by atoms with van der Waals surface area (Å²) in [6.45, 7) is 7.73. The topological polar surface area (TPSA) is 78.9 Å². The molecule has 1 aliphatic rings. The van der Waals surface area contributed by atoms with Gasteiger partial charge in [-0.1, -0.05) is 53.1 Å². The Morgan fingerprint density at radius 1 is 0.622 bits per heavy atom. The third kappa shape index (κ3) is 6.60. The van der Waals surface area contributed by atoms with Crippen molar-refractivity contribution in [3.05, 3.63) is 106 Å². The van der Waals surface area contributed by atoms with E-state index in [0.29, 0.717) is 16.7 Å². The average Bonchev–Trinajstić information content (AvgIpc) is 3.17. The third-order valence-electron chi connectivity index (χ3n) is 6.27. The normalized spacial score (nSPS) is 20.8. The van der Waals surface area contributed by atoms with Gasteiger partial charge in [-0.05, 0) is 64.1 Å². The highest BCUT2D eigenvalue weighted by Crippen LogP contribution is 2.39. The molecule has 3 aromatic carbocycles. The number of thioether (sulfide) groups is 1. The molecule has 6 nitrogen and oxygen atoms in total. The molecule has 0 bridgehead atoms. The zero-order chi connectivity index (χ0) is 26.5. The largest absolute Gasteiger partial charge is 0.461 e. The summed E-state index contributed by atoms with van der Waals surface area (Å²) in [6.07, 6.45) is -1.51. The average molecular weight is 519 g/mol. The molecule has 37 heavy (non-hydrogen) atoms. The second kappa shape index (κ2) is 11.6. The number of benzene rings is 3. The maximum absolute atomic E-state index is 13.0. The summed E-state index contributed by atoms with van der Waals surface area (Å²) in [5, 5.41) is -0.595. The van der Waals surface area contributed by atoms with Gasteiger partial charge in [-0.15, -0.1) is 11.8 Å². The van der Waals surface area contributed by atoms with E-state index in [2.05, 4.69) is 0 Å². The van der Waals surface area contributed by atoms with Gasteiger partial charge >= 0.3 is 17.9 Å². The first-order valence-corrected chi connectivity index (χ1v) is 13.1. The fraction of sp³-hybridized carbons (Fsp3) is 0.300. The Morgan fingerprint density at radius 2 is 1.00 bits per heavy atom. The molecule has 0 spiro atoms. The van der Waals surface area contributed by atoms with E-state index in [1.165, 1.54) is 11.8 Å². The van der Waals surface area contributed by atoms with Gasteiger partial charge in [0.25, 0.3) is 0 Å². The van der Waals surface area contributed by atoms with Gasteiger partial charge in [0.15, 0.2) is 12.2 Å². The number of hydrogen-bond acceptors (Lipinski definition) is 7. The van der Waals surface area contributed by atoms with Gasteiger partial charge in [0.05, 0.1) is 21.9 Å². The standard InChI is InChI=1S/C30H30O6S/c1-18-5-11-22(12-6-18)28(31)34-17-25-27(36-30(33)24-15-9-20(3)10-16-24)26(21(4)37-25)35-29(32)23-13-7-19(2)8-14-23/h5-16,21,25-27H,17H2,1-4H3/t21?,25-,26-,27+/m1/s1. The van der Waals surface area contributed by atoms with Crippen LogP contribution in [0.2, 0.25) is 0 Å². The maximum Gasteiger partial charge on any atom is 0.338 e. The number of esters is 3. The maximum atomic E-state index is 13.0. The Balaban J connectivity index is 1.52. The van der Waals surface area contributed by atoms with Crippen molar-refractivity contribution in [3.8, 4) is 0 Å². The molecule has 1 unspecified atom stereocenters. The predicted octanol–water partition coefficient (Wildman–Crippen LogP) is 5.72. The first-order chi connectivity index (χ1) is 17.7.